The van der Waals surface area contributed by atoms with E-state index in [-0.39, 0.29) is 5.54 Å². The monoisotopic (exact) mass is 255 g/mol. The van der Waals surface area contributed by atoms with Crippen molar-refractivity contribution in [3.8, 4) is 0 Å². The summed E-state index contributed by atoms with van der Waals surface area (Å²) in [6.45, 7) is 14.5. The summed E-state index contributed by atoms with van der Waals surface area (Å²) < 4.78 is 5.58. The Morgan fingerprint density at radius 1 is 1.11 bits per heavy atom. The lowest BCUT2D eigenvalue weighted by molar-refractivity contribution is -0.00142. The van der Waals surface area contributed by atoms with E-state index in [0.717, 1.165) is 25.7 Å². The molecule has 0 spiro atoms. The molecule has 0 amide bonds. The summed E-state index contributed by atoms with van der Waals surface area (Å²) in [5.74, 6) is 0.880. The van der Waals surface area contributed by atoms with Crippen LogP contribution in [0.25, 0.3) is 0 Å². The molecule has 0 bridgehead atoms. The van der Waals surface area contributed by atoms with Crippen LogP contribution in [0.2, 0.25) is 0 Å². The zero-order chi connectivity index (χ0) is 13.6. The number of ether oxygens (including phenoxy) is 1. The average Bonchev–Trinajstić information content (AvgIpc) is 2.34. The topological polar surface area (TPSA) is 21.3 Å². The van der Waals surface area contributed by atoms with Crippen LogP contribution in [0.15, 0.2) is 0 Å². The molecule has 0 aliphatic carbocycles. The van der Waals surface area contributed by atoms with Gasteiger partial charge in [-0.2, -0.15) is 0 Å². The zero-order valence-electron chi connectivity index (χ0n) is 13.1. The van der Waals surface area contributed by atoms with Crippen molar-refractivity contribution < 1.29 is 4.74 Å². The average molecular weight is 255 g/mol. The van der Waals surface area contributed by atoms with Gasteiger partial charge in [-0.25, -0.2) is 0 Å². The van der Waals surface area contributed by atoms with Gasteiger partial charge in [0.15, 0.2) is 0 Å². The highest BCUT2D eigenvalue weighted by Gasteiger charge is 2.34. The van der Waals surface area contributed by atoms with Gasteiger partial charge in [0.2, 0.25) is 0 Å². The lowest BCUT2D eigenvalue weighted by atomic mass is 9.72. The lowest BCUT2D eigenvalue weighted by Gasteiger charge is -2.41. The molecule has 1 aliphatic heterocycles. The summed E-state index contributed by atoms with van der Waals surface area (Å²) >= 11 is 0. The van der Waals surface area contributed by atoms with Crippen LogP contribution in [0.5, 0.6) is 0 Å². The minimum atomic E-state index is 0.221. The molecule has 2 nitrogen and oxygen atoms in total. The van der Waals surface area contributed by atoms with Crippen molar-refractivity contribution in [2.45, 2.75) is 72.3 Å². The van der Waals surface area contributed by atoms with Gasteiger partial charge in [-0.15, -0.1) is 0 Å². The molecule has 18 heavy (non-hydrogen) atoms. The van der Waals surface area contributed by atoms with Gasteiger partial charge in [-0.1, -0.05) is 26.7 Å². The second-order valence-electron chi connectivity index (χ2n) is 7.10. The SMILES string of the molecule is CCC(CC)CC1(CNC(C)(C)C)CCOCC1. The van der Waals surface area contributed by atoms with E-state index >= 15 is 0 Å². The predicted molar refractivity (Wildman–Crippen MR) is 78.9 cm³/mol. The maximum absolute atomic E-state index is 5.58. The second kappa shape index (κ2) is 6.91. The van der Waals surface area contributed by atoms with Crippen molar-refractivity contribution in [3.05, 3.63) is 0 Å². The Bertz CT molecular complexity index is 222. The molecule has 1 heterocycles. The van der Waals surface area contributed by atoms with Crippen molar-refractivity contribution in [1.29, 1.82) is 0 Å². The molecular weight excluding hydrogens is 222 g/mol. The van der Waals surface area contributed by atoms with Gasteiger partial charge in [-0.05, 0) is 51.4 Å². The molecule has 0 saturated carbocycles. The van der Waals surface area contributed by atoms with Crippen molar-refractivity contribution in [3.63, 3.8) is 0 Å². The van der Waals surface area contributed by atoms with Crippen LogP contribution in [0.3, 0.4) is 0 Å². The van der Waals surface area contributed by atoms with Crippen LogP contribution in [-0.4, -0.2) is 25.3 Å². The van der Waals surface area contributed by atoms with Crippen LogP contribution < -0.4 is 5.32 Å². The Balaban J connectivity index is 2.62. The first-order chi connectivity index (χ1) is 8.41. The number of rotatable bonds is 6. The molecule has 1 fully saturated rings. The van der Waals surface area contributed by atoms with Crippen LogP contribution in [0.1, 0.15) is 66.7 Å². The van der Waals surface area contributed by atoms with E-state index in [1.807, 2.05) is 0 Å². The fraction of sp³-hybridized carbons (Fsp3) is 1.00. The van der Waals surface area contributed by atoms with Gasteiger partial charge in [-0.3, -0.25) is 0 Å². The molecule has 2 heteroatoms. The molecule has 0 aromatic rings. The summed E-state index contributed by atoms with van der Waals surface area (Å²) in [4.78, 5) is 0. The smallest absolute Gasteiger partial charge is 0.0471 e. The van der Waals surface area contributed by atoms with E-state index in [1.54, 1.807) is 0 Å². The third kappa shape index (κ3) is 5.27. The largest absolute Gasteiger partial charge is 0.381 e. The van der Waals surface area contributed by atoms with E-state index in [1.165, 1.54) is 32.1 Å². The van der Waals surface area contributed by atoms with Gasteiger partial charge in [0.05, 0.1) is 0 Å². The highest BCUT2D eigenvalue weighted by atomic mass is 16.5. The quantitative estimate of drug-likeness (QED) is 0.774. The molecule has 0 unspecified atom stereocenters. The van der Waals surface area contributed by atoms with E-state index in [9.17, 15) is 0 Å². The lowest BCUT2D eigenvalue weighted by Crippen LogP contribution is -2.46. The summed E-state index contributed by atoms with van der Waals surface area (Å²) in [5, 5.41) is 3.73. The first kappa shape index (κ1) is 16.0. The van der Waals surface area contributed by atoms with Crippen molar-refractivity contribution in [2.24, 2.45) is 11.3 Å². The third-order valence-corrected chi connectivity index (χ3v) is 4.42. The van der Waals surface area contributed by atoms with E-state index < -0.39 is 0 Å². The molecule has 1 rings (SSSR count). The van der Waals surface area contributed by atoms with Crippen molar-refractivity contribution in [2.75, 3.05) is 19.8 Å². The van der Waals surface area contributed by atoms with Gasteiger partial charge in [0.25, 0.3) is 0 Å². The maximum atomic E-state index is 5.58. The molecule has 1 aliphatic rings. The van der Waals surface area contributed by atoms with Crippen molar-refractivity contribution in [1.82, 2.24) is 5.32 Å². The Labute approximate surface area is 114 Å². The van der Waals surface area contributed by atoms with Gasteiger partial charge in [0, 0.05) is 25.3 Å². The van der Waals surface area contributed by atoms with Crippen LogP contribution in [0.4, 0.5) is 0 Å². The second-order valence-corrected chi connectivity index (χ2v) is 7.10. The standard InChI is InChI=1S/C16H33NO/c1-6-14(7-2)12-16(8-10-18-11-9-16)13-17-15(3,4)5/h14,17H,6-13H2,1-5H3. The molecular formula is C16H33NO. The molecule has 0 aromatic carbocycles. The van der Waals surface area contributed by atoms with Gasteiger partial charge >= 0.3 is 0 Å². The third-order valence-electron chi connectivity index (χ3n) is 4.42. The molecule has 0 radical (unpaired) electrons. The fourth-order valence-electron chi connectivity index (χ4n) is 2.90. The molecule has 0 aromatic heterocycles. The Morgan fingerprint density at radius 2 is 1.67 bits per heavy atom. The van der Waals surface area contributed by atoms with Crippen LogP contribution in [0, 0.1) is 11.3 Å². The number of hydrogen-bond donors (Lipinski definition) is 1. The number of nitrogens with one attached hydrogen (secondary N) is 1. The summed E-state index contributed by atoms with van der Waals surface area (Å²) in [5.41, 5.74) is 0.696. The van der Waals surface area contributed by atoms with Gasteiger partial charge in [0.1, 0.15) is 0 Å². The summed E-state index contributed by atoms with van der Waals surface area (Å²) in [6.07, 6.45) is 6.45. The molecule has 1 saturated heterocycles. The van der Waals surface area contributed by atoms with Crippen molar-refractivity contribution >= 4 is 0 Å². The molecule has 0 atom stereocenters. The zero-order valence-corrected chi connectivity index (χ0v) is 13.1. The van der Waals surface area contributed by atoms with Crippen LogP contribution in [-0.2, 0) is 4.74 Å². The Morgan fingerprint density at radius 3 is 2.11 bits per heavy atom. The highest BCUT2D eigenvalue weighted by molar-refractivity contribution is 4.88. The Kier molecular flexibility index (Phi) is 6.13. The van der Waals surface area contributed by atoms with E-state index in [4.69, 9.17) is 4.74 Å². The van der Waals surface area contributed by atoms with Crippen LogP contribution >= 0.6 is 0 Å². The molecule has 1 N–H and O–H groups in total. The minimum Gasteiger partial charge on any atom is -0.381 e. The predicted octanol–water partition coefficient (Wildman–Crippen LogP) is 4.00. The van der Waals surface area contributed by atoms with E-state index in [2.05, 4.69) is 39.9 Å². The normalized spacial score (nSPS) is 20.3. The fourth-order valence-corrected chi connectivity index (χ4v) is 2.90. The number of hydrogen-bond acceptors (Lipinski definition) is 2. The van der Waals surface area contributed by atoms with E-state index in [0.29, 0.717) is 5.41 Å². The first-order valence-electron chi connectivity index (χ1n) is 7.73. The Hall–Kier alpha value is -0.0800. The van der Waals surface area contributed by atoms with Gasteiger partial charge < -0.3 is 10.1 Å². The highest BCUT2D eigenvalue weighted by Crippen LogP contribution is 2.38. The molecule has 108 valence electrons. The minimum absolute atomic E-state index is 0.221. The summed E-state index contributed by atoms with van der Waals surface area (Å²) in [7, 11) is 0. The maximum Gasteiger partial charge on any atom is 0.0471 e. The summed E-state index contributed by atoms with van der Waals surface area (Å²) in [6, 6.07) is 0. The first-order valence-corrected chi connectivity index (χ1v) is 7.73.